The Hall–Kier alpha value is -0.890. The van der Waals surface area contributed by atoms with Crippen LogP contribution in [0, 0.1) is 17.2 Å². The van der Waals surface area contributed by atoms with Crippen molar-refractivity contribution < 1.29 is 9.50 Å². The van der Waals surface area contributed by atoms with Gasteiger partial charge in [0.05, 0.1) is 5.60 Å². The molecule has 0 radical (unpaired) electrons. The first-order valence-electron chi connectivity index (χ1n) is 12.8. The molecule has 0 heterocycles. The van der Waals surface area contributed by atoms with Crippen molar-refractivity contribution in [3.05, 3.63) is 34.1 Å². The lowest BCUT2D eigenvalue weighted by Crippen LogP contribution is -2.45. The fourth-order valence-electron chi connectivity index (χ4n) is 5.99. The van der Waals surface area contributed by atoms with Crippen LogP contribution in [0.2, 0.25) is 0 Å². The lowest BCUT2D eigenvalue weighted by atomic mass is 9.65. The van der Waals surface area contributed by atoms with Crippen LogP contribution in [0.25, 0.3) is 0 Å². The number of hydrogen-bond acceptors (Lipinski definition) is 1. The fourth-order valence-corrected chi connectivity index (χ4v) is 5.99. The van der Waals surface area contributed by atoms with Crippen LogP contribution in [0.15, 0.2) is 6.07 Å². The van der Waals surface area contributed by atoms with Crippen molar-refractivity contribution in [2.75, 3.05) is 0 Å². The van der Waals surface area contributed by atoms with Gasteiger partial charge >= 0.3 is 0 Å². The summed E-state index contributed by atoms with van der Waals surface area (Å²) in [5, 5.41) is 12.0. The zero-order valence-corrected chi connectivity index (χ0v) is 20.7. The van der Waals surface area contributed by atoms with E-state index in [2.05, 4.69) is 41.5 Å². The van der Waals surface area contributed by atoms with Crippen LogP contribution >= 0.6 is 0 Å². The molecule has 0 saturated carbocycles. The topological polar surface area (TPSA) is 20.2 Å². The third kappa shape index (κ3) is 4.95. The van der Waals surface area contributed by atoms with E-state index in [4.69, 9.17) is 0 Å². The van der Waals surface area contributed by atoms with Crippen LogP contribution in [0.1, 0.15) is 128 Å². The van der Waals surface area contributed by atoms with Crippen LogP contribution in [-0.2, 0) is 24.9 Å². The van der Waals surface area contributed by atoms with Gasteiger partial charge in [0.15, 0.2) is 0 Å². The summed E-state index contributed by atoms with van der Waals surface area (Å²) in [5.41, 5.74) is 3.02. The van der Waals surface area contributed by atoms with Crippen molar-refractivity contribution in [1.29, 1.82) is 0 Å². The van der Waals surface area contributed by atoms with Crippen LogP contribution < -0.4 is 0 Å². The zero-order valence-electron chi connectivity index (χ0n) is 20.7. The maximum atomic E-state index is 14.8. The van der Waals surface area contributed by atoms with Gasteiger partial charge in [-0.05, 0) is 72.8 Å². The van der Waals surface area contributed by atoms with E-state index >= 15 is 0 Å². The van der Waals surface area contributed by atoms with E-state index in [0.717, 1.165) is 61.6 Å². The van der Waals surface area contributed by atoms with Gasteiger partial charge in [-0.15, -0.1) is 0 Å². The second kappa shape index (κ2) is 11.1. The maximum absolute atomic E-state index is 14.8. The number of rotatable bonds is 9. The summed E-state index contributed by atoms with van der Waals surface area (Å²) in [5.74, 6) is 0.136. The molecule has 1 atom stereocenters. The van der Waals surface area contributed by atoms with Gasteiger partial charge in [0, 0.05) is 5.41 Å². The first-order chi connectivity index (χ1) is 14.3. The van der Waals surface area contributed by atoms with Gasteiger partial charge in [-0.3, -0.25) is 0 Å². The Morgan fingerprint density at radius 2 is 1.50 bits per heavy atom. The molecule has 0 aliphatic heterocycles. The number of hydrogen-bond donors (Lipinski definition) is 1. The van der Waals surface area contributed by atoms with Crippen molar-refractivity contribution in [3.63, 3.8) is 0 Å². The SMILES string of the molecule is CCCC(CCC)C1(O)c2c(c(F)cc3c2CCC3)CC1(C)C.CCCCCCC. The highest BCUT2D eigenvalue weighted by Gasteiger charge is 2.57. The van der Waals surface area contributed by atoms with Crippen molar-refractivity contribution in [3.8, 4) is 0 Å². The van der Waals surface area contributed by atoms with Gasteiger partial charge in [-0.1, -0.05) is 86.5 Å². The summed E-state index contributed by atoms with van der Waals surface area (Å²) in [7, 11) is 0. The normalized spacial score (nSPS) is 21.4. The molecule has 0 spiro atoms. The Balaban J connectivity index is 0.000000396. The second-order valence-electron chi connectivity index (χ2n) is 10.4. The highest BCUT2D eigenvalue weighted by molar-refractivity contribution is 5.52. The first kappa shape index (κ1) is 25.4. The van der Waals surface area contributed by atoms with Gasteiger partial charge in [-0.2, -0.15) is 0 Å². The molecule has 1 aromatic carbocycles. The molecule has 3 rings (SSSR count). The Morgan fingerprint density at radius 3 is 2.03 bits per heavy atom. The predicted molar refractivity (Wildman–Crippen MR) is 128 cm³/mol. The molecule has 2 aliphatic carbocycles. The molecular formula is C28H47FO. The quantitative estimate of drug-likeness (QED) is 0.400. The predicted octanol–water partition coefficient (Wildman–Crippen LogP) is 8.28. The first-order valence-corrected chi connectivity index (χ1v) is 12.8. The Kier molecular flexibility index (Phi) is 9.40. The molecule has 30 heavy (non-hydrogen) atoms. The average molecular weight is 419 g/mol. The third-order valence-corrected chi connectivity index (χ3v) is 7.56. The second-order valence-corrected chi connectivity index (χ2v) is 10.4. The molecule has 1 nitrogen and oxygen atoms in total. The smallest absolute Gasteiger partial charge is 0.127 e. The summed E-state index contributed by atoms with van der Waals surface area (Å²) >= 11 is 0. The molecule has 0 aromatic heterocycles. The monoisotopic (exact) mass is 418 g/mol. The number of aryl methyl sites for hydroxylation is 1. The summed E-state index contributed by atoms with van der Waals surface area (Å²) < 4.78 is 14.8. The number of benzene rings is 1. The van der Waals surface area contributed by atoms with Crippen molar-refractivity contribution in [2.24, 2.45) is 11.3 Å². The molecule has 1 aromatic rings. The van der Waals surface area contributed by atoms with Crippen LogP contribution in [0.3, 0.4) is 0 Å². The molecule has 0 saturated heterocycles. The van der Waals surface area contributed by atoms with E-state index < -0.39 is 5.60 Å². The van der Waals surface area contributed by atoms with Crippen LogP contribution in [-0.4, -0.2) is 5.11 Å². The average Bonchev–Trinajstić information content (AvgIpc) is 3.24. The zero-order chi connectivity index (χ0) is 22.4. The van der Waals surface area contributed by atoms with Gasteiger partial charge in [0.25, 0.3) is 0 Å². The lowest BCUT2D eigenvalue weighted by Gasteiger charge is -2.44. The number of halogens is 1. The molecule has 1 N–H and O–H groups in total. The summed E-state index contributed by atoms with van der Waals surface area (Å²) in [6.45, 7) is 13.1. The Morgan fingerprint density at radius 1 is 0.900 bits per heavy atom. The summed E-state index contributed by atoms with van der Waals surface area (Å²) in [6, 6.07) is 1.75. The number of unbranched alkanes of at least 4 members (excludes halogenated alkanes) is 4. The Bertz CT molecular complexity index is 668. The van der Waals surface area contributed by atoms with Crippen molar-refractivity contribution in [1.82, 2.24) is 0 Å². The minimum Gasteiger partial charge on any atom is -0.384 e. The Labute approximate surface area is 185 Å². The molecule has 2 heteroatoms. The van der Waals surface area contributed by atoms with E-state index in [9.17, 15) is 9.50 Å². The summed E-state index contributed by atoms with van der Waals surface area (Å²) in [6.07, 6.45) is 14.9. The van der Waals surface area contributed by atoms with Gasteiger partial charge in [-0.25, -0.2) is 4.39 Å². The molecular weight excluding hydrogens is 371 g/mol. The summed E-state index contributed by atoms with van der Waals surface area (Å²) in [4.78, 5) is 0. The largest absolute Gasteiger partial charge is 0.384 e. The van der Waals surface area contributed by atoms with Crippen LogP contribution in [0.4, 0.5) is 4.39 Å². The van der Waals surface area contributed by atoms with E-state index in [1.54, 1.807) is 6.07 Å². The third-order valence-electron chi connectivity index (χ3n) is 7.56. The number of aliphatic hydroxyl groups is 1. The molecule has 0 bridgehead atoms. The van der Waals surface area contributed by atoms with E-state index in [0.29, 0.717) is 6.42 Å². The number of fused-ring (bicyclic) bond motifs is 3. The molecule has 0 fully saturated rings. The maximum Gasteiger partial charge on any atom is 0.127 e. The molecule has 0 amide bonds. The molecule has 1 unspecified atom stereocenters. The van der Waals surface area contributed by atoms with Gasteiger partial charge < -0.3 is 5.11 Å². The highest BCUT2D eigenvalue weighted by Crippen LogP contribution is 2.58. The van der Waals surface area contributed by atoms with Crippen LogP contribution in [0.5, 0.6) is 0 Å². The minimum atomic E-state index is -0.884. The molecule has 172 valence electrons. The minimum absolute atomic E-state index is 0.0867. The van der Waals surface area contributed by atoms with E-state index in [-0.39, 0.29) is 17.2 Å². The highest BCUT2D eigenvalue weighted by atomic mass is 19.1. The van der Waals surface area contributed by atoms with Gasteiger partial charge in [0.1, 0.15) is 5.82 Å². The molecule has 2 aliphatic rings. The lowest BCUT2D eigenvalue weighted by molar-refractivity contribution is -0.113. The van der Waals surface area contributed by atoms with Crippen molar-refractivity contribution >= 4 is 0 Å². The fraction of sp³-hybridized carbons (Fsp3) is 0.786. The van der Waals surface area contributed by atoms with Gasteiger partial charge in [0.2, 0.25) is 0 Å². The van der Waals surface area contributed by atoms with E-state index in [1.807, 2.05) is 0 Å². The van der Waals surface area contributed by atoms with E-state index in [1.165, 1.54) is 37.7 Å². The standard InChI is InChI=1S/C21H31FO.C7H16/c1-5-8-15(9-6-2)21(23)19-16-11-7-10-14(16)12-18(22)17(19)13-20(21,3)4;1-3-5-7-6-4-2/h12,15,23H,5-11,13H2,1-4H3;3-7H2,1-2H3. The van der Waals surface area contributed by atoms with Crippen molar-refractivity contribution in [2.45, 2.75) is 131 Å².